The van der Waals surface area contributed by atoms with E-state index in [1.165, 1.54) is 32.1 Å². The molecule has 3 aliphatic heterocycles. The van der Waals surface area contributed by atoms with Gasteiger partial charge in [-0.2, -0.15) is 10.1 Å². The monoisotopic (exact) mass is 336 g/mol. The van der Waals surface area contributed by atoms with Gasteiger partial charge in [0, 0.05) is 22.7 Å². The number of fused-ring (bicyclic) bond motifs is 5. The minimum Gasteiger partial charge on any atom is -0.455 e. The first-order chi connectivity index (χ1) is 9.73. The normalized spacial score (nSPS) is 40.8. The zero-order chi connectivity index (χ0) is 13.3. The number of rotatable bonds is 0. The molecule has 0 aromatic carbocycles. The molecule has 1 spiro atoms. The molecule has 0 unspecified atom stereocenters. The molecule has 0 aromatic heterocycles. The number of allylic oxidation sites excluding steroid dienone is 2. The second-order valence-electron chi connectivity index (χ2n) is 6.51. The lowest BCUT2D eigenvalue weighted by molar-refractivity contribution is -0.0734. The van der Waals surface area contributed by atoms with Crippen molar-refractivity contribution < 1.29 is 4.74 Å². The Balaban J connectivity index is 1.48. The highest BCUT2D eigenvalue weighted by molar-refractivity contribution is 9.11. The molecule has 3 heterocycles. The fraction of sp³-hybridized carbons (Fsp3) is 0.643. The summed E-state index contributed by atoms with van der Waals surface area (Å²) in [7, 11) is 0. The first-order valence-electron chi connectivity index (χ1n) is 7.42. The highest BCUT2D eigenvalue weighted by atomic mass is 79.9. The van der Waals surface area contributed by atoms with Gasteiger partial charge < -0.3 is 4.74 Å². The minimum absolute atomic E-state index is 0.0194. The van der Waals surface area contributed by atoms with E-state index < -0.39 is 0 Å². The molecule has 20 heavy (non-hydrogen) atoms. The standard InChI is InChI=1S/C14H17BrN4O/c15-11-5-12-17-13-18(19(12)16-7-11)8-14(20-13)6-9-1-3-10(14)4-2-9/h5,7,9-10,16H,1-4,6,8H2/t9?,10?,14-/m0/s1. The Morgan fingerprint density at radius 3 is 2.95 bits per heavy atom. The fourth-order valence-electron chi connectivity index (χ4n) is 4.48. The number of nitrogens with one attached hydrogen (secondary N) is 1. The molecule has 1 N–H and O–H groups in total. The second-order valence-corrected chi connectivity index (χ2v) is 7.43. The van der Waals surface area contributed by atoms with Crippen LogP contribution < -0.4 is 5.43 Å². The van der Waals surface area contributed by atoms with Crippen molar-refractivity contribution in [2.24, 2.45) is 16.8 Å². The van der Waals surface area contributed by atoms with Crippen LogP contribution in [0.15, 0.2) is 27.6 Å². The molecule has 6 heteroatoms. The van der Waals surface area contributed by atoms with Gasteiger partial charge in [-0.05, 0) is 54.0 Å². The predicted molar refractivity (Wildman–Crippen MR) is 78.1 cm³/mol. The smallest absolute Gasteiger partial charge is 0.316 e. The molecule has 4 fully saturated rings. The van der Waals surface area contributed by atoms with Crippen LogP contribution in [0.2, 0.25) is 0 Å². The average Bonchev–Trinajstić information content (AvgIpc) is 2.93. The Kier molecular flexibility index (Phi) is 2.14. The number of hydrogen-bond acceptors (Lipinski definition) is 5. The van der Waals surface area contributed by atoms with Crippen molar-refractivity contribution in [1.82, 2.24) is 15.6 Å². The van der Waals surface area contributed by atoms with Crippen molar-refractivity contribution in [3.8, 4) is 0 Å². The minimum atomic E-state index is 0.0194. The van der Waals surface area contributed by atoms with Gasteiger partial charge in [0.05, 0.1) is 6.54 Å². The van der Waals surface area contributed by atoms with Crippen LogP contribution in [0.3, 0.4) is 0 Å². The number of hydrogen-bond donors (Lipinski definition) is 1. The van der Waals surface area contributed by atoms with Gasteiger partial charge >= 0.3 is 6.02 Å². The van der Waals surface area contributed by atoms with E-state index in [-0.39, 0.29) is 5.60 Å². The maximum atomic E-state index is 6.39. The first-order valence-corrected chi connectivity index (χ1v) is 8.22. The molecule has 6 aliphatic rings. The van der Waals surface area contributed by atoms with Crippen LogP contribution in [0.5, 0.6) is 0 Å². The summed E-state index contributed by atoms with van der Waals surface area (Å²) in [6, 6.07) is 0.770. The topological polar surface area (TPSA) is 40.1 Å². The second kappa shape index (κ2) is 3.72. The van der Waals surface area contributed by atoms with Gasteiger partial charge in [-0.3, -0.25) is 5.43 Å². The van der Waals surface area contributed by atoms with E-state index in [1.54, 1.807) is 0 Å². The van der Waals surface area contributed by atoms with Gasteiger partial charge in [0.2, 0.25) is 0 Å². The third-order valence-electron chi connectivity index (χ3n) is 5.42. The molecule has 106 valence electrons. The molecule has 2 bridgehead atoms. The van der Waals surface area contributed by atoms with Gasteiger partial charge in [0.25, 0.3) is 0 Å². The van der Waals surface area contributed by atoms with Crippen molar-refractivity contribution in [1.29, 1.82) is 0 Å². The third kappa shape index (κ3) is 1.40. The number of ether oxygens (including phenoxy) is 1. The SMILES string of the molecule is BrC1=CNN2C(=C1)N=C1O[C@@]3(CC4CCC3CC4)CN12. The number of halogens is 1. The van der Waals surface area contributed by atoms with Crippen LogP contribution in [0.4, 0.5) is 0 Å². The first kappa shape index (κ1) is 11.5. The van der Waals surface area contributed by atoms with Gasteiger partial charge in [0.15, 0.2) is 5.82 Å². The fourth-order valence-corrected chi connectivity index (χ4v) is 4.78. The van der Waals surface area contributed by atoms with E-state index in [2.05, 4.69) is 31.4 Å². The molecule has 1 atom stereocenters. The Hall–Kier alpha value is -1.17. The van der Waals surface area contributed by atoms with E-state index in [9.17, 15) is 0 Å². The largest absolute Gasteiger partial charge is 0.455 e. The summed E-state index contributed by atoms with van der Waals surface area (Å²) in [6.07, 6.45) is 10.6. The van der Waals surface area contributed by atoms with Crippen LogP contribution in [0.1, 0.15) is 32.1 Å². The van der Waals surface area contributed by atoms with Crippen molar-refractivity contribution in [2.75, 3.05) is 6.54 Å². The number of aliphatic imine (C=N–C) groups is 1. The lowest BCUT2D eigenvalue weighted by Gasteiger charge is -2.48. The Labute approximate surface area is 126 Å². The zero-order valence-electron chi connectivity index (χ0n) is 11.2. The summed E-state index contributed by atoms with van der Waals surface area (Å²) in [5.41, 5.74) is 3.28. The van der Waals surface area contributed by atoms with Crippen molar-refractivity contribution in [2.45, 2.75) is 37.7 Å². The Bertz CT molecular complexity index is 564. The summed E-state index contributed by atoms with van der Waals surface area (Å²) in [6.45, 7) is 0.933. The van der Waals surface area contributed by atoms with Gasteiger partial charge in [-0.1, -0.05) is 0 Å². The highest BCUT2D eigenvalue weighted by Crippen LogP contribution is 2.52. The number of amidine groups is 1. The molecule has 1 saturated heterocycles. The molecule has 0 radical (unpaired) electrons. The average molecular weight is 337 g/mol. The molecular weight excluding hydrogens is 320 g/mol. The molecule has 0 aromatic rings. The van der Waals surface area contributed by atoms with Crippen molar-refractivity contribution in [3.05, 3.63) is 22.6 Å². The quantitative estimate of drug-likeness (QED) is 0.737. The van der Waals surface area contributed by atoms with Crippen LogP contribution in [-0.2, 0) is 4.74 Å². The predicted octanol–water partition coefficient (Wildman–Crippen LogP) is 2.45. The van der Waals surface area contributed by atoms with Gasteiger partial charge in [0.1, 0.15) is 5.60 Å². The summed E-state index contributed by atoms with van der Waals surface area (Å²) in [5, 5.41) is 4.15. The van der Waals surface area contributed by atoms with E-state index in [0.29, 0.717) is 5.92 Å². The molecule has 3 aliphatic carbocycles. The zero-order valence-corrected chi connectivity index (χ0v) is 12.8. The van der Waals surface area contributed by atoms with Crippen molar-refractivity contribution in [3.63, 3.8) is 0 Å². The van der Waals surface area contributed by atoms with E-state index in [0.717, 1.165) is 28.8 Å². The van der Waals surface area contributed by atoms with Crippen LogP contribution in [0.25, 0.3) is 0 Å². The highest BCUT2D eigenvalue weighted by Gasteiger charge is 2.57. The third-order valence-corrected chi connectivity index (χ3v) is 5.88. The van der Waals surface area contributed by atoms with E-state index in [4.69, 9.17) is 4.74 Å². The lowest BCUT2D eigenvalue weighted by atomic mass is 9.62. The van der Waals surface area contributed by atoms with Crippen LogP contribution >= 0.6 is 15.9 Å². The van der Waals surface area contributed by atoms with Crippen LogP contribution in [0, 0.1) is 11.8 Å². The van der Waals surface area contributed by atoms with E-state index in [1.807, 2.05) is 17.4 Å². The maximum absolute atomic E-state index is 6.39. The number of nitrogens with zero attached hydrogens (tertiary/aromatic N) is 3. The Morgan fingerprint density at radius 2 is 2.20 bits per heavy atom. The van der Waals surface area contributed by atoms with Crippen molar-refractivity contribution >= 4 is 22.0 Å². The van der Waals surface area contributed by atoms with E-state index >= 15 is 0 Å². The number of hydrazine groups is 2. The summed E-state index contributed by atoms with van der Waals surface area (Å²) in [4.78, 5) is 4.63. The molecule has 3 saturated carbocycles. The summed E-state index contributed by atoms with van der Waals surface area (Å²) >= 11 is 3.47. The maximum Gasteiger partial charge on any atom is 0.316 e. The van der Waals surface area contributed by atoms with Gasteiger partial charge in [-0.15, -0.1) is 0 Å². The molecule has 5 nitrogen and oxygen atoms in total. The Morgan fingerprint density at radius 1 is 1.35 bits per heavy atom. The molecule has 6 rings (SSSR count). The lowest BCUT2D eigenvalue weighted by Crippen LogP contribution is -2.53. The molecular formula is C14H17BrN4O. The summed E-state index contributed by atoms with van der Waals surface area (Å²) in [5.74, 6) is 2.46. The molecule has 0 amide bonds. The summed E-state index contributed by atoms with van der Waals surface area (Å²) < 4.78 is 7.39. The van der Waals surface area contributed by atoms with Crippen LogP contribution in [-0.4, -0.2) is 28.3 Å². The van der Waals surface area contributed by atoms with Gasteiger partial charge in [-0.25, -0.2) is 5.01 Å².